The van der Waals surface area contributed by atoms with Crippen LogP contribution in [0.2, 0.25) is 0 Å². The van der Waals surface area contributed by atoms with Gasteiger partial charge in [-0.25, -0.2) is 4.39 Å². The van der Waals surface area contributed by atoms with Crippen LogP contribution in [0.5, 0.6) is 5.75 Å². The summed E-state index contributed by atoms with van der Waals surface area (Å²) >= 11 is 2.88. The van der Waals surface area contributed by atoms with Crippen molar-refractivity contribution in [3.63, 3.8) is 0 Å². The van der Waals surface area contributed by atoms with Crippen LogP contribution in [0, 0.1) is 17.6 Å². The molecule has 0 aromatic heterocycles. The highest BCUT2D eigenvalue weighted by Gasteiger charge is 2.21. The Morgan fingerprint density at radius 1 is 1.38 bits per heavy atom. The highest BCUT2D eigenvalue weighted by atomic mass is 79.9. The standard InChI is InChI=1S/C11H14BrF2NO/c1-5(2)3-8(15)6-4-7(12)9(13)10(14)11(6)16/h4-5,8,16H,3,15H2,1-2H3/t8-/m0/s1. The summed E-state index contributed by atoms with van der Waals surface area (Å²) in [4.78, 5) is 0. The van der Waals surface area contributed by atoms with Crippen molar-refractivity contribution in [1.29, 1.82) is 0 Å². The van der Waals surface area contributed by atoms with Gasteiger partial charge >= 0.3 is 0 Å². The SMILES string of the molecule is CC(C)C[C@H](N)c1cc(Br)c(F)c(F)c1O. The van der Waals surface area contributed by atoms with E-state index in [1.807, 2.05) is 13.8 Å². The van der Waals surface area contributed by atoms with Gasteiger partial charge < -0.3 is 10.8 Å². The molecule has 0 aliphatic heterocycles. The molecule has 0 fully saturated rings. The Hall–Kier alpha value is -0.680. The zero-order valence-electron chi connectivity index (χ0n) is 9.10. The van der Waals surface area contributed by atoms with Crippen molar-refractivity contribution in [2.24, 2.45) is 11.7 Å². The van der Waals surface area contributed by atoms with Crippen LogP contribution in [0.1, 0.15) is 31.9 Å². The highest BCUT2D eigenvalue weighted by Crippen LogP contribution is 2.34. The van der Waals surface area contributed by atoms with Gasteiger partial charge in [0.25, 0.3) is 0 Å². The maximum atomic E-state index is 13.2. The summed E-state index contributed by atoms with van der Waals surface area (Å²) in [6, 6.07) is 0.812. The number of aromatic hydroxyl groups is 1. The molecule has 0 saturated carbocycles. The molecule has 90 valence electrons. The fraction of sp³-hybridized carbons (Fsp3) is 0.455. The van der Waals surface area contributed by atoms with Gasteiger partial charge in [0.15, 0.2) is 11.6 Å². The van der Waals surface area contributed by atoms with Gasteiger partial charge in [0.1, 0.15) is 0 Å². The molecule has 0 amide bonds. The van der Waals surface area contributed by atoms with E-state index in [2.05, 4.69) is 15.9 Å². The van der Waals surface area contributed by atoms with Gasteiger partial charge in [0, 0.05) is 11.6 Å². The van der Waals surface area contributed by atoms with Crippen molar-refractivity contribution in [3.05, 3.63) is 27.7 Å². The minimum Gasteiger partial charge on any atom is -0.505 e. The number of hydrogen-bond acceptors (Lipinski definition) is 2. The average molecular weight is 294 g/mol. The molecule has 0 saturated heterocycles. The Morgan fingerprint density at radius 2 is 1.94 bits per heavy atom. The van der Waals surface area contributed by atoms with Crippen LogP contribution >= 0.6 is 15.9 Å². The molecule has 0 aliphatic rings. The number of nitrogens with two attached hydrogens (primary N) is 1. The van der Waals surface area contributed by atoms with Gasteiger partial charge in [0.2, 0.25) is 5.82 Å². The number of phenolic OH excluding ortho intramolecular Hbond substituents is 1. The zero-order valence-corrected chi connectivity index (χ0v) is 10.7. The fourth-order valence-electron chi connectivity index (χ4n) is 1.52. The third-order valence-corrected chi connectivity index (χ3v) is 2.87. The van der Waals surface area contributed by atoms with E-state index in [9.17, 15) is 13.9 Å². The summed E-state index contributed by atoms with van der Waals surface area (Å²) in [7, 11) is 0. The molecule has 2 nitrogen and oxygen atoms in total. The number of phenols is 1. The Balaban J connectivity index is 3.14. The molecule has 1 aromatic rings. The van der Waals surface area contributed by atoms with Crippen molar-refractivity contribution in [3.8, 4) is 5.75 Å². The Labute approximate surface area is 102 Å². The summed E-state index contributed by atoms with van der Waals surface area (Å²) < 4.78 is 26.3. The van der Waals surface area contributed by atoms with Crippen molar-refractivity contribution in [2.75, 3.05) is 0 Å². The lowest BCUT2D eigenvalue weighted by molar-refractivity contribution is 0.389. The first kappa shape index (κ1) is 13.4. The first-order valence-corrected chi connectivity index (χ1v) is 5.75. The summed E-state index contributed by atoms with van der Waals surface area (Å²) in [6.07, 6.45) is 0.588. The van der Waals surface area contributed by atoms with Gasteiger partial charge in [-0.3, -0.25) is 0 Å². The molecular weight excluding hydrogens is 280 g/mol. The molecule has 1 aromatic carbocycles. The summed E-state index contributed by atoms with van der Waals surface area (Å²) in [5.41, 5.74) is 6.04. The predicted octanol–water partition coefficient (Wildman–Crippen LogP) is 3.48. The van der Waals surface area contributed by atoms with Crippen molar-refractivity contribution in [1.82, 2.24) is 0 Å². The molecule has 0 bridgehead atoms. The molecule has 0 spiro atoms. The minimum atomic E-state index is -1.26. The van der Waals surface area contributed by atoms with Gasteiger partial charge in [-0.1, -0.05) is 13.8 Å². The molecule has 0 aliphatic carbocycles. The first-order valence-electron chi connectivity index (χ1n) is 4.96. The van der Waals surface area contributed by atoms with Crippen LogP contribution < -0.4 is 5.73 Å². The Bertz CT molecular complexity index is 396. The average Bonchev–Trinajstić information content (AvgIpc) is 2.19. The van der Waals surface area contributed by atoms with E-state index in [0.717, 1.165) is 0 Å². The van der Waals surface area contributed by atoms with Crippen LogP contribution in [0.25, 0.3) is 0 Å². The third-order valence-electron chi connectivity index (χ3n) is 2.29. The molecule has 0 heterocycles. The van der Waals surface area contributed by atoms with Gasteiger partial charge in [-0.05, 0) is 34.3 Å². The molecule has 0 unspecified atom stereocenters. The topological polar surface area (TPSA) is 46.2 Å². The predicted molar refractivity (Wildman–Crippen MR) is 62.1 cm³/mol. The van der Waals surface area contributed by atoms with Crippen molar-refractivity contribution < 1.29 is 13.9 Å². The lowest BCUT2D eigenvalue weighted by atomic mass is 9.97. The molecule has 0 radical (unpaired) electrons. The molecule has 16 heavy (non-hydrogen) atoms. The largest absolute Gasteiger partial charge is 0.505 e. The minimum absolute atomic E-state index is 0.0305. The maximum Gasteiger partial charge on any atom is 0.201 e. The summed E-state index contributed by atoms with van der Waals surface area (Å²) in [5.74, 6) is -2.75. The highest BCUT2D eigenvalue weighted by molar-refractivity contribution is 9.10. The number of benzene rings is 1. The zero-order chi connectivity index (χ0) is 12.5. The second kappa shape index (κ2) is 5.10. The number of hydrogen-bond donors (Lipinski definition) is 2. The van der Waals surface area contributed by atoms with Crippen LogP contribution in [-0.4, -0.2) is 5.11 Å². The smallest absolute Gasteiger partial charge is 0.201 e. The Morgan fingerprint density at radius 3 is 2.44 bits per heavy atom. The number of rotatable bonds is 3. The summed E-state index contributed by atoms with van der Waals surface area (Å²) in [6.45, 7) is 3.93. The lowest BCUT2D eigenvalue weighted by Crippen LogP contribution is -2.14. The van der Waals surface area contributed by atoms with Crippen LogP contribution in [0.4, 0.5) is 8.78 Å². The Kier molecular flexibility index (Phi) is 4.27. The molecule has 5 heteroatoms. The monoisotopic (exact) mass is 293 g/mol. The van der Waals surface area contributed by atoms with E-state index < -0.39 is 23.4 Å². The van der Waals surface area contributed by atoms with Gasteiger partial charge in [-0.2, -0.15) is 4.39 Å². The van der Waals surface area contributed by atoms with E-state index in [0.29, 0.717) is 12.3 Å². The molecule has 1 rings (SSSR count). The number of halogens is 3. The fourth-order valence-corrected chi connectivity index (χ4v) is 1.94. The van der Waals surface area contributed by atoms with E-state index >= 15 is 0 Å². The van der Waals surface area contributed by atoms with Crippen molar-refractivity contribution >= 4 is 15.9 Å². The normalized spacial score (nSPS) is 13.2. The van der Waals surface area contributed by atoms with E-state index in [-0.39, 0.29) is 10.0 Å². The third kappa shape index (κ3) is 2.71. The quantitative estimate of drug-likeness (QED) is 0.838. The molecule has 3 N–H and O–H groups in total. The van der Waals surface area contributed by atoms with Gasteiger partial charge in [0.05, 0.1) is 4.47 Å². The maximum absolute atomic E-state index is 13.2. The summed E-state index contributed by atoms with van der Waals surface area (Å²) in [5, 5.41) is 9.47. The second-order valence-corrected chi connectivity index (χ2v) is 5.01. The van der Waals surface area contributed by atoms with Crippen molar-refractivity contribution in [2.45, 2.75) is 26.3 Å². The van der Waals surface area contributed by atoms with E-state index in [4.69, 9.17) is 5.73 Å². The van der Waals surface area contributed by atoms with E-state index in [1.54, 1.807) is 0 Å². The molecule has 1 atom stereocenters. The van der Waals surface area contributed by atoms with Crippen LogP contribution in [-0.2, 0) is 0 Å². The lowest BCUT2D eigenvalue weighted by Gasteiger charge is -2.16. The molecular formula is C11H14BrF2NO. The van der Waals surface area contributed by atoms with Gasteiger partial charge in [-0.15, -0.1) is 0 Å². The first-order chi connectivity index (χ1) is 7.34. The van der Waals surface area contributed by atoms with Crippen LogP contribution in [0.15, 0.2) is 10.5 Å². The van der Waals surface area contributed by atoms with Crippen LogP contribution in [0.3, 0.4) is 0 Å². The van der Waals surface area contributed by atoms with E-state index in [1.165, 1.54) is 6.07 Å². The second-order valence-electron chi connectivity index (χ2n) is 4.16.